The lowest BCUT2D eigenvalue weighted by Crippen LogP contribution is -2.55. The number of hydrogen-bond acceptors (Lipinski definition) is 5. The maximum atomic E-state index is 13.9. The van der Waals surface area contributed by atoms with Crippen LogP contribution in [-0.4, -0.2) is 39.0 Å². The smallest absolute Gasteiger partial charge is 0.255 e. The predicted octanol–water partition coefficient (Wildman–Crippen LogP) is 5.22. The van der Waals surface area contributed by atoms with Crippen LogP contribution < -0.4 is 5.48 Å². The molecule has 0 spiro atoms. The molecule has 2 aliphatic rings. The molecule has 4 atom stereocenters. The Hall–Kier alpha value is -2.97. The number of fused-ring (bicyclic) bond motifs is 1. The van der Waals surface area contributed by atoms with Crippen LogP contribution in [0.3, 0.4) is 0 Å². The number of amides is 2. The summed E-state index contributed by atoms with van der Waals surface area (Å²) in [6, 6.07) is 16.6. The number of aliphatic hydroxyl groups is 1. The number of nitrogens with zero attached hydrogens (tertiary/aromatic N) is 2. The molecule has 1 saturated carbocycles. The Bertz CT molecular complexity index is 1270. The minimum Gasteiger partial charge on any atom is -0.391 e. The van der Waals surface area contributed by atoms with Crippen LogP contribution in [0.15, 0.2) is 66.9 Å². The van der Waals surface area contributed by atoms with Crippen LogP contribution in [0, 0.1) is 0 Å². The van der Waals surface area contributed by atoms with Crippen molar-refractivity contribution in [3.63, 3.8) is 0 Å². The molecule has 2 amide bonds. The lowest BCUT2D eigenvalue weighted by atomic mass is 9.77. The van der Waals surface area contributed by atoms with Crippen LogP contribution in [0.1, 0.15) is 64.7 Å². The van der Waals surface area contributed by atoms with E-state index in [1.807, 2.05) is 18.2 Å². The van der Waals surface area contributed by atoms with Gasteiger partial charge in [0.1, 0.15) is 11.8 Å². The molecule has 5 rings (SSSR count). The van der Waals surface area contributed by atoms with Crippen molar-refractivity contribution in [1.82, 2.24) is 15.4 Å². The number of halogens is 2. The van der Waals surface area contributed by atoms with E-state index in [4.69, 9.17) is 28.0 Å². The summed E-state index contributed by atoms with van der Waals surface area (Å²) in [5.41, 5.74) is 5.15. The second-order valence-corrected chi connectivity index (χ2v) is 10.3. The van der Waals surface area contributed by atoms with Gasteiger partial charge in [-0.1, -0.05) is 72.4 Å². The topological polar surface area (TPSA) is 91.8 Å². The lowest BCUT2D eigenvalue weighted by molar-refractivity contribution is -0.138. The molecular weight excluding hydrogens is 513 g/mol. The molecule has 0 bridgehead atoms. The highest BCUT2D eigenvalue weighted by Gasteiger charge is 2.48. The summed E-state index contributed by atoms with van der Waals surface area (Å²) in [5, 5.41) is 11.9. The monoisotopic (exact) mass is 539 g/mol. The minimum absolute atomic E-state index is 0.0971. The van der Waals surface area contributed by atoms with E-state index in [1.54, 1.807) is 53.6 Å². The molecule has 0 radical (unpaired) electrons. The second-order valence-electron chi connectivity index (χ2n) is 9.44. The maximum absolute atomic E-state index is 13.9. The van der Waals surface area contributed by atoms with Crippen LogP contribution in [0.25, 0.3) is 0 Å². The highest BCUT2D eigenvalue weighted by molar-refractivity contribution is 6.30. The van der Waals surface area contributed by atoms with Gasteiger partial charge in [0.2, 0.25) is 0 Å². The summed E-state index contributed by atoms with van der Waals surface area (Å²) in [6.45, 7) is 0.0971. The highest BCUT2D eigenvalue weighted by Crippen LogP contribution is 2.46. The zero-order valence-electron chi connectivity index (χ0n) is 20.0. The van der Waals surface area contributed by atoms with E-state index in [0.717, 1.165) is 24.0 Å². The summed E-state index contributed by atoms with van der Waals surface area (Å²) < 4.78 is 0. The number of hydroxylamine groups is 1. The van der Waals surface area contributed by atoms with Crippen LogP contribution in [0.5, 0.6) is 0 Å². The lowest BCUT2D eigenvalue weighted by Gasteiger charge is -2.48. The average molecular weight is 540 g/mol. The Morgan fingerprint density at radius 1 is 1.05 bits per heavy atom. The molecule has 2 heterocycles. The molecule has 1 aliphatic heterocycles. The normalized spacial score (nSPS) is 23.4. The molecule has 0 saturated heterocycles. The number of carbonyl (C=O) groups is 2. The Morgan fingerprint density at radius 3 is 2.54 bits per heavy atom. The number of aliphatic hydroxyl groups excluding tert-OH is 1. The van der Waals surface area contributed by atoms with Gasteiger partial charge in [0, 0.05) is 16.8 Å². The Kier molecular flexibility index (Phi) is 7.76. The van der Waals surface area contributed by atoms with Gasteiger partial charge in [0.05, 0.1) is 24.1 Å². The number of aromatic nitrogens is 1. The summed E-state index contributed by atoms with van der Waals surface area (Å²) in [6.07, 6.45) is 3.97. The summed E-state index contributed by atoms with van der Waals surface area (Å²) in [5.74, 6) is -1.36. The zero-order valence-corrected chi connectivity index (χ0v) is 21.5. The Morgan fingerprint density at radius 2 is 1.81 bits per heavy atom. The molecule has 2 N–H and O–H groups in total. The van der Waals surface area contributed by atoms with Gasteiger partial charge in [-0.25, -0.2) is 10.5 Å². The highest BCUT2D eigenvalue weighted by atomic mass is 35.5. The van der Waals surface area contributed by atoms with Crippen LogP contribution in [-0.2, 0) is 16.2 Å². The second kappa shape index (κ2) is 11.2. The average Bonchev–Trinajstić information content (AvgIpc) is 2.91. The van der Waals surface area contributed by atoms with Gasteiger partial charge in [-0.15, -0.1) is 0 Å². The Labute approximate surface area is 225 Å². The maximum Gasteiger partial charge on any atom is 0.255 e. The SMILES string of the molecule is O=C(NOCc1ccc(Cl)nc1)[C@@H]1c2ccccc2C(=O)N([C@H]2CCCC[C@@H]2O)[C@H]1c1ccc(Cl)cc1. The first-order chi connectivity index (χ1) is 17.9. The molecule has 0 unspecified atom stereocenters. The first-order valence-corrected chi connectivity index (χ1v) is 13.1. The van der Waals surface area contributed by atoms with Crippen molar-refractivity contribution in [2.24, 2.45) is 0 Å². The van der Waals surface area contributed by atoms with Gasteiger partial charge in [0.15, 0.2) is 0 Å². The van der Waals surface area contributed by atoms with Crippen molar-refractivity contribution >= 4 is 35.0 Å². The minimum atomic E-state index is -0.771. The fourth-order valence-electron chi connectivity index (χ4n) is 5.38. The third-order valence-electron chi connectivity index (χ3n) is 7.12. The quantitative estimate of drug-likeness (QED) is 0.331. The fourth-order valence-corrected chi connectivity index (χ4v) is 5.61. The molecule has 3 aromatic rings. The van der Waals surface area contributed by atoms with Crippen molar-refractivity contribution < 1.29 is 19.5 Å². The van der Waals surface area contributed by atoms with E-state index in [0.29, 0.717) is 34.1 Å². The summed E-state index contributed by atoms with van der Waals surface area (Å²) in [7, 11) is 0. The number of carbonyl (C=O) groups excluding carboxylic acids is 2. The van der Waals surface area contributed by atoms with Crippen molar-refractivity contribution in [2.75, 3.05) is 0 Å². The van der Waals surface area contributed by atoms with Gasteiger partial charge in [-0.3, -0.25) is 14.4 Å². The van der Waals surface area contributed by atoms with Crippen LogP contribution >= 0.6 is 23.2 Å². The number of nitrogens with one attached hydrogen (secondary N) is 1. The van der Waals surface area contributed by atoms with E-state index in [1.165, 1.54) is 0 Å². The van der Waals surface area contributed by atoms with Crippen LogP contribution in [0.2, 0.25) is 10.2 Å². The van der Waals surface area contributed by atoms with E-state index < -0.39 is 30.0 Å². The van der Waals surface area contributed by atoms with Crippen LogP contribution in [0.4, 0.5) is 0 Å². The van der Waals surface area contributed by atoms with E-state index >= 15 is 0 Å². The summed E-state index contributed by atoms with van der Waals surface area (Å²) >= 11 is 12.0. The number of rotatable bonds is 6. The van der Waals surface area contributed by atoms with Crippen molar-refractivity contribution in [3.8, 4) is 0 Å². The fraction of sp³-hybridized carbons (Fsp3) is 0.321. The van der Waals surface area contributed by atoms with Crippen molar-refractivity contribution in [1.29, 1.82) is 0 Å². The molecular formula is C28H27Cl2N3O4. The number of hydrogen-bond donors (Lipinski definition) is 2. The molecule has 7 nitrogen and oxygen atoms in total. The first kappa shape index (κ1) is 25.7. The van der Waals surface area contributed by atoms with E-state index in [-0.39, 0.29) is 12.5 Å². The molecule has 1 aromatic heterocycles. The first-order valence-electron chi connectivity index (χ1n) is 12.3. The number of pyridine rings is 1. The molecule has 1 aliphatic carbocycles. The molecule has 2 aromatic carbocycles. The van der Waals surface area contributed by atoms with E-state index in [9.17, 15) is 14.7 Å². The van der Waals surface area contributed by atoms with E-state index in [2.05, 4.69) is 10.5 Å². The van der Waals surface area contributed by atoms with Gasteiger partial charge in [-0.2, -0.15) is 0 Å². The van der Waals surface area contributed by atoms with Gasteiger partial charge in [-0.05, 0) is 53.8 Å². The molecule has 192 valence electrons. The van der Waals surface area contributed by atoms with Gasteiger partial charge < -0.3 is 10.0 Å². The standard InChI is InChI=1S/C28H27Cl2N3O4/c29-19-12-10-18(11-13-19)26-25(27(35)32-37-16-17-9-14-24(30)31-15-17)20-5-1-2-6-21(20)28(36)33(26)22-7-3-4-8-23(22)34/h1-2,5-6,9-15,22-23,25-26,34H,3-4,7-8,16H2,(H,32,35)/t22-,23-,25+,26-/m0/s1. The molecule has 37 heavy (non-hydrogen) atoms. The predicted molar refractivity (Wildman–Crippen MR) is 140 cm³/mol. The zero-order chi connectivity index (χ0) is 25.9. The number of benzene rings is 2. The third-order valence-corrected chi connectivity index (χ3v) is 7.60. The van der Waals surface area contributed by atoms with Crippen molar-refractivity contribution in [2.45, 2.75) is 56.4 Å². The van der Waals surface area contributed by atoms with Crippen molar-refractivity contribution in [3.05, 3.63) is 99.3 Å². The summed E-state index contributed by atoms with van der Waals surface area (Å²) in [4.78, 5) is 39.0. The molecule has 9 heteroatoms. The van der Waals surface area contributed by atoms with Gasteiger partial charge in [0.25, 0.3) is 11.8 Å². The largest absolute Gasteiger partial charge is 0.391 e. The van der Waals surface area contributed by atoms with Gasteiger partial charge >= 0.3 is 0 Å². The molecule has 1 fully saturated rings. The third kappa shape index (κ3) is 5.36. The Balaban J connectivity index is 1.52.